The number of nitrogens with zero attached hydrogens (tertiary/aromatic N) is 1. The fourth-order valence-corrected chi connectivity index (χ4v) is 2.54. The van der Waals surface area contributed by atoms with Gasteiger partial charge >= 0.3 is 5.97 Å². The lowest BCUT2D eigenvalue weighted by Crippen LogP contribution is -2.56. The van der Waals surface area contributed by atoms with Gasteiger partial charge in [-0.3, -0.25) is 9.59 Å². The van der Waals surface area contributed by atoms with Gasteiger partial charge in [0.15, 0.2) is 5.60 Å². The number of aliphatic carboxylic acids is 1. The molecule has 0 aliphatic carbocycles. The van der Waals surface area contributed by atoms with Crippen LogP contribution in [-0.4, -0.2) is 34.2 Å². The number of benzene rings is 1. The van der Waals surface area contributed by atoms with Crippen molar-refractivity contribution >= 4 is 17.6 Å². The van der Waals surface area contributed by atoms with E-state index in [1.165, 1.54) is 17.0 Å². The molecule has 114 valence electrons. The third-order valence-corrected chi connectivity index (χ3v) is 3.87. The Hall–Kier alpha value is -2.24. The first kappa shape index (κ1) is 15.2. The molecule has 0 saturated heterocycles. The van der Waals surface area contributed by atoms with Gasteiger partial charge in [0.25, 0.3) is 5.91 Å². The third-order valence-electron chi connectivity index (χ3n) is 3.87. The van der Waals surface area contributed by atoms with Gasteiger partial charge in [-0.1, -0.05) is 13.8 Å². The van der Waals surface area contributed by atoms with Gasteiger partial charge in [0.05, 0.1) is 12.1 Å². The number of carbonyl (C=O) groups excluding carboxylic acids is 1. The van der Waals surface area contributed by atoms with Gasteiger partial charge in [0, 0.05) is 12.6 Å². The molecule has 0 aromatic heterocycles. The molecular weight excluding hydrogens is 274 g/mol. The number of carboxylic acid groups (broad SMARTS) is 1. The molecule has 2 N–H and O–H groups in total. The van der Waals surface area contributed by atoms with Crippen LogP contribution in [0.4, 0.5) is 5.69 Å². The van der Waals surface area contributed by atoms with Crippen LogP contribution in [-0.2, 0) is 9.59 Å². The molecule has 0 saturated carbocycles. The summed E-state index contributed by atoms with van der Waals surface area (Å²) >= 11 is 0. The van der Waals surface area contributed by atoms with Crippen molar-refractivity contribution in [2.75, 3.05) is 11.4 Å². The van der Waals surface area contributed by atoms with Crippen LogP contribution in [0.25, 0.3) is 0 Å². The molecule has 1 heterocycles. The monoisotopic (exact) mass is 293 g/mol. The molecule has 1 aliphatic rings. The van der Waals surface area contributed by atoms with Crippen LogP contribution in [0.5, 0.6) is 11.5 Å². The molecule has 6 heteroatoms. The number of rotatable bonds is 5. The first-order valence-corrected chi connectivity index (χ1v) is 6.99. The van der Waals surface area contributed by atoms with Crippen LogP contribution in [0.3, 0.4) is 0 Å². The predicted molar refractivity (Wildman–Crippen MR) is 76.7 cm³/mol. The molecule has 2 rings (SSSR count). The Bertz CT molecular complexity index is 565. The van der Waals surface area contributed by atoms with Crippen LogP contribution in [0.15, 0.2) is 18.2 Å². The Labute approximate surface area is 122 Å². The molecule has 6 nitrogen and oxygen atoms in total. The predicted octanol–water partition coefficient (Wildman–Crippen LogP) is 2.15. The zero-order valence-electron chi connectivity index (χ0n) is 12.1. The molecular formula is C15H19NO5. The molecule has 21 heavy (non-hydrogen) atoms. The molecule has 1 aromatic rings. The van der Waals surface area contributed by atoms with Crippen molar-refractivity contribution in [2.45, 2.75) is 38.7 Å². The van der Waals surface area contributed by atoms with Crippen molar-refractivity contribution in [3.63, 3.8) is 0 Å². The minimum absolute atomic E-state index is 0.00553. The summed E-state index contributed by atoms with van der Waals surface area (Å²) in [6.45, 7) is 3.78. The van der Waals surface area contributed by atoms with E-state index in [1.807, 2.05) is 13.8 Å². The van der Waals surface area contributed by atoms with E-state index in [0.717, 1.165) is 0 Å². The highest BCUT2D eigenvalue weighted by molar-refractivity contribution is 6.03. The summed E-state index contributed by atoms with van der Waals surface area (Å²) in [5.41, 5.74) is -0.554. The van der Waals surface area contributed by atoms with Gasteiger partial charge in [0.1, 0.15) is 11.5 Å². The highest BCUT2D eigenvalue weighted by atomic mass is 16.5. The van der Waals surface area contributed by atoms with E-state index >= 15 is 0 Å². The summed E-state index contributed by atoms with van der Waals surface area (Å²) in [5.74, 6) is -0.742. The van der Waals surface area contributed by atoms with Gasteiger partial charge in [0.2, 0.25) is 0 Å². The molecule has 0 atom stereocenters. The normalized spacial score (nSPS) is 16.3. The lowest BCUT2D eigenvalue weighted by atomic mass is 9.92. The second-order valence-electron chi connectivity index (χ2n) is 5.06. The number of hydrogen-bond acceptors (Lipinski definition) is 4. The quantitative estimate of drug-likeness (QED) is 0.868. The minimum atomic E-state index is -0.977. The molecule has 0 spiro atoms. The maximum absolute atomic E-state index is 12.7. The van der Waals surface area contributed by atoms with Gasteiger partial charge in [-0.05, 0) is 25.0 Å². The largest absolute Gasteiger partial charge is 0.508 e. The van der Waals surface area contributed by atoms with Crippen molar-refractivity contribution in [1.29, 1.82) is 0 Å². The second-order valence-corrected chi connectivity index (χ2v) is 5.06. The first-order chi connectivity index (χ1) is 9.93. The topological polar surface area (TPSA) is 87.1 Å². The Morgan fingerprint density at radius 3 is 2.57 bits per heavy atom. The van der Waals surface area contributed by atoms with Gasteiger partial charge in [-0.25, -0.2) is 0 Å². The van der Waals surface area contributed by atoms with Crippen molar-refractivity contribution < 1.29 is 24.5 Å². The van der Waals surface area contributed by atoms with E-state index in [2.05, 4.69) is 0 Å². The van der Waals surface area contributed by atoms with Crippen LogP contribution in [0.1, 0.15) is 33.1 Å². The van der Waals surface area contributed by atoms with E-state index in [9.17, 15) is 14.7 Å². The van der Waals surface area contributed by atoms with E-state index in [-0.39, 0.29) is 24.6 Å². The number of carboxylic acids is 1. The average Bonchev–Trinajstić information content (AvgIpc) is 2.46. The van der Waals surface area contributed by atoms with Gasteiger partial charge in [-0.2, -0.15) is 0 Å². The lowest BCUT2D eigenvalue weighted by molar-refractivity contribution is -0.138. The number of carbonyl (C=O) groups is 2. The minimum Gasteiger partial charge on any atom is -0.508 e. The number of amides is 1. The zero-order chi connectivity index (χ0) is 15.6. The average molecular weight is 293 g/mol. The van der Waals surface area contributed by atoms with Crippen molar-refractivity contribution in [3.05, 3.63) is 18.2 Å². The first-order valence-electron chi connectivity index (χ1n) is 6.99. The number of aromatic hydroxyl groups is 1. The molecule has 1 amide bonds. The number of hydrogen-bond donors (Lipinski definition) is 2. The van der Waals surface area contributed by atoms with E-state index < -0.39 is 11.6 Å². The Morgan fingerprint density at radius 2 is 2.00 bits per heavy atom. The van der Waals surface area contributed by atoms with Crippen LogP contribution in [0, 0.1) is 0 Å². The fraction of sp³-hybridized carbons (Fsp3) is 0.467. The van der Waals surface area contributed by atoms with Crippen molar-refractivity contribution in [2.24, 2.45) is 0 Å². The molecule has 1 aliphatic heterocycles. The number of phenols is 1. The molecule has 0 unspecified atom stereocenters. The van der Waals surface area contributed by atoms with Crippen LogP contribution in [0.2, 0.25) is 0 Å². The highest BCUT2D eigenvalue weighted by Crippen LogP contribution is 2.42. The molecule has 1 aromatic carbocycles. The standard InChI is InChI=1S/C15H19NO5/c1-3-15(4-2)14(20)16(8-7-13(18)19)11-9-10(17)5-6-12(11)21-15/h5-6,9,17H,3-4,7-8H2,1-2H3,(H,18,19). The zero-order valence-corrected chi connectivity index (χ0v) is 12.1. The highest BCUT2D eigenvalue weighted by Gasteiger charge is 2.45. The Morgan fingerprint density at radius 1 is 1.33 bits per heavy atom. The van der Waals surface area contributed by atoms with Crippen LogP contribution < -0.4 is 9.64 Å². The Balaban J connectivity index is 2.46. The van der Waals surface area contributed by atoms with E-state index in [4.69, 9.17) is 9.84 Å². The van der Waals surface area contributed by atoms with Gasteiger partial charge in [-0.15, -0.1) is 0 Å². The SMILES string of the molecule is CCC1(CC)Oc2ccc(O)cc2N(CCC(=O)O)C1=O. The summed E-state index contributed by atoms with van der Waals surface area (Å²) in [5, 5.41) is 18.5. The summed E-state index contributed by atoms with van der Waals surface area (Å²) in [4.78, 5) is 24.9. The Kier molecular flexibility index (Phi) is 4.06. The van der Waals surface area contributed by atoms with Crippen molar-refractivity contribution in [3.8, 4) is 11.5 Å². The number of anilines is 1. The van der Waals surface area contributed by atoms with Crippen molar-refractivity contribution in [1.82, 2.24) is 0 Å². The second kappa shape index (κ2) is 5.63. The molecule has 0 bridgehead atoms. The third kappa shape index (κ3) is 2.66. The fourth-order valence-electron chi connectivity index (χ4n) is 2.54. The number of fused-ring (bicyclic) bond motifs is 1. The molecule has 0 radical (unpaired) electrons. The summed E-state index contributed by atoms with van der Waals surface area (Å²) < 4.78 is 5.87. The summed E-state index contributed by atoms with van der Waals surface area (Å²) in [7, 11) is 0. The lowest BCUT2D eigenvalue weighted by Gasteiger charge is -2.41. The number of ether oxygens (including phenoxy) is 1. The number of phenolic OH excluding ortho intramolecular Hbond substituents is 1. The summed E-state index contributed by atoms with van der Waals surface area (Å²) in [6, 6.07) is 4.51. The van der Waals surface area contributed by atoms with Crippen LogP contribution >= 0.6 is 0 Å². The maximum Gasteiger partial charge on any atom is 0.305 e. The maximum atomic E-state index is 12.7. The van der Waals surface area contributed by atoms with E-state index in [0.29, 0.717) is 24.3 Å². The summed E-state index contributed by atoms with van der Waals surface area (Å²) in [6.07, 6.45) is 0.822. The smallest absolute Gasteiger partial charge is 0.305 e. The molecule has 0 fully saturated rings. The van der Waals surface area contributed by atoms with E-state index in [1.54, 1.807) is 6.07 Å². The van der Waals surface area contributed by atoms with Gasteiger partial charge < -0.3 is 19.8 Å².